The zero-order valence-corrected chi connectivity index (χ0v) is 11.6. The van der Waals surface area contributed by atoms with E-state index in [0.29, 0.717) is 10.4 Å². The molecule has 0 aliphatic heterocycles. The Morgan fingerprint density at radius 3 is 2.44 bits per heavy atom. The second-order valence-corrected chi connectivity index (χ2v) is 5.16. The molecule has 0 radical (unpaired) electrons. The highest BCUT2D eigenvalue weighted by atomic mass is 35.5. The summed E-state index contributed by atoms with van der Waals surface area (Å²) in [5, 5.41) is 10.8. The quantitative estimate of drug-likeness (QED) is 0.574. The molecule has 1 saturated carbocycles. The van der Waals surface area contributed by atoms with Crippen LogP contribution in [-0.2, 0) is 0 Å². The third-order valence-corrected chi connectivity index (χ3v) is 3.99. The molecule has 1 fully saturated rings. The van der Waals surface area contributed by atoms with Crippen LogP contribution in [0.2, 0.25) is 5.02 Å². The van der Waals surface area contributed by atoms with Crippen LogP contribution in [0.15, 0.2) is 34.5 Å². The summed E-state index contributed by atoms with van der Waals surface area (Å²) in [6, 6.07) is 7.43. The van der Waals surface area contributed by atoms with Gasteiger partial charge in [-0.2, -0.15) is 15.3 Å². The maximum Gasteiger partial charge on any atom is 0.0857 e. The van der Waals surface area contributed by atoms with E-state index in [2.05, 4.69) is 30.8 Å². The average Bonchev–Trinajstić information content (AvgIpc) is 3.18. The standard InChI is InChI=1S/C14H18ClN3/c1-4-14(9-10-14)11(2)17-18(16-3)13-7-5-12(15)6-8-13/h5-8H,3-4,9-10H2,1-2H3/b17-11+. The van der Waals surface area contributed by atoms with Gasteiger partial charge in [-0.25, -0.2) is 0 Å². The van der Waals surface area contributed by atoms with E-state index >= 15 is 0 Å². The molecule has 0 atom stereocenters. The van der Waals surface area contributed by atoms with E-state index < -0.39 is 0 Å². The molecule has 0 bridgehead atoms. The first kappa shape index (κ1) is 13.1. The van der Waals surface area contributed by atoms with E-state index in [9.17, 15) is 0 Å². The van der Waals surface area contributed by atoms with Crippen molar-refractivity contribution in [1.29, 1.82) is 0 Å². The Kier molecular flexibility index (Phi) is 3.71. The summed E-state index contributed by atoms with van der Waals surface area (Å²) in [5.74, 6) is 0. The third kappa shape index (κ3) is 2.56. The molecule has 0 saturated heterocycles. The zero-order chi connectivity index (χ0) is 13.2. The molecule has 0 N–H and O–H groups in total. The normalized spacial score (nSPS) is 17.4. The highest BCUT2D eigenvalue weighted by molar-refractivity contribution is 6.30. The fourth-order valence-corrected chi connectivity index (χ4v) is 2.24. The highest BCUT2D eigenvalue weighted by Gasteiger charge is 2.43. The molecule has 1 aromatic rings. The van der Waals surface area contributed by atoms with Gasteiger partial charge in [-0.3, -0.25) is 0 Å². The number of nitrogens with zero attached hydrogens (tertiary/aromatic N) is 3. The first-order chi connectivity index (χ1) is 8.61. The number of anilines is 1. The Labute approximate surface area is 113 Å². The van der Waals surface area contributed by atoms with Gasteiger partial charge >= 0.3 is 0 Å². The van der Waals surface area contributed by atoms with Gasteiger partial charge in [-0.1, -0.05) is 18.5 Å². The van der Waals surface area contributed by atoms with Gasteiger partial charge in [-0.05, 0) is 50.5 Å². The average molecular weight is 264 g/mol. The summed E-state index contributed by atoms with van der Waals surface area (Å²) in [5.41, 5.74) is 2.31. The van der Waals surface area contributed by atoms with Crippen LogP contribution in [0.1, 0.15) is 33.1 Å². The van der Waals surface area contributed by atoms with E-state index in [1.807, 2.05) is 24.3 Å². The van der Waals surface area contributed by atoms with Crippen molar-refractivity contribution in [2.45, 2.75) is 33.1 Å². The molecular formula is C14H18ClN3. The topological polar surface area (TPSA) is 28.0 Å². The van der Waals surface area contributed by atoms with Crippen molar-refractivity contribution in [3.8, 4) is 0 Å². The van der Waals surface area contributed by atoms with Crippen molar-refractivity contribution in [2.24, 2.45) is 15.6 Å². The van der Waals surface area contributed by atoms with Crippen LogP contribution in [0.3, 0.4) is 0 Å². The highest BCUT2D eigenvalue weighted by Crippen LogP contribution is 2.50. The van der Waals surface area contributed by atoms with E-state index in [0.717, 1.165) is 17.8 Å². The molecule has 18 heavy (non-hydrogen) atoms. The van der Waals surface area contributed by atoms with Gasteiger partial charge in [0.1, 0.15) is 0 Å². The summed E-state index contributed by atoms with van der Waals surface area (Å²) in [6.45, 7) is 7.86. The Balaban J connectivity index is 2.22. The fourth-order valence-electron chi connectivity index (χ4n) is 2.12. The molecule has 96 valence electrons. The van der Waals surface area contributed by atoms with Gasteiger partial charge in [0, 0.05) is 22.9 Å². The van der Waals surface area contributed by atoms with Crippen LogP contribution in [0, 0.1) is 5.41 Å². The van der Waals surface area contributed by atoms with Crippen LogP contribution < -0.4 is 5.12 Å². The van der Waals surface area contributed by atoms with Crippen LogP contribution in [0.25, 0.3) is 0 Å². The Morgan fingerprint density at radius 1 is 1.39 bits per heavy atom. The van der Waals surface area contributed by atoms with Crippen LogP contribution in [0.5, 0.6) is 0 Å². The fraction of sp³-hybridized carbons (Fsp3) is 0.429. The zero-order valence-electron chi connectivity index (χ0n) is 10.9. The lowest BCUT2D eigenvalue weighted by Gasteiger charge is -2.17. The molecular weight excluding hydrogens is 246 g/mol. The van der Waals surface area contributed by atoms with Crippen molar-refractivity contribution in [1.82, 2.24) is 0 Å². The second-order valence-electron chi connectivity index (χ2n) is 4.73. The van der Waals surface area contributed by atoms with Gasteiger partial charge < -0.3 is 0 Å². The monoisotopic (exact) mass is 263 g/mol. The molecule has 1 aliphatic rings. The smallest absolute Gasteiger partial charge is 0.0857 e. The van der Waals surface area contributed by atoms with Gasteiger partial charge in [0.05, 0.1) is 5.69 Å². The maximum atomic E-state index is 5.87. The van der Waals surface area contributed by atoms with Gasteiger partial charge in [0.25, 0.3) is 0 Å². The minimum absolute atomic E-state index is 0.301. The minimum atomic E-state index is 0.301. The molecule has 0 aromatic heterocycles. The van der Waals surface area contributed by atoms with Crippen molar-refractivity contribution in [2.75, 3.05) is 5.12 Å². The molecule has 2 rings (SSSR count). The Morgan fingerprint density at radius 2 is 2.00 bits per heavy atom. The van der Waals surface area contributed by atoms with E-state index in [1.54, 1.807) is 5.12 Å². The van der Waals surface area contributed by atoms with Gasteiger partial charge in [0.15, 0.2) is 0 Å². The van der Waals surface area contributed by atoms with E-state index in [-0.39, 0.29) is 0 Å². The Bertz CT molecular complexity index is 460. The molecule has 0 amide bonds. The molecule has 1 aromatic carbocycles. The lowest BCUT2D eigenvalue weighted by Crippen LogP contribution is -2.17. The summed E-state index contributed by atoms with van der Waals surface area (Å²) in [6.07, 6.45) is 3.59. The predicted molar refractivity (Wildman–Crippen MR) is 78.5 cm³/mol. The molecule has 0 spiro atoms. The van der Waals surface area contributed by atoms with Crippen LogP contribution in [-0.4, -0.2) is 12.4 Å². The number of benzene rings is 1. The van der Waals surface area contributed by atoms with E-state index in [1.165, 1.54) is 12.8 Å². The minimum Gasteiger partial charge on any atom is -0.167 e. The Hall–Kier alpha value is -1.35. The molecule has 0 unspecified atom stereocenters. The lowest BCUT2D eigenvalue weighted by molar-refractivity contribution is 0.659. The van der Waals surface area contributed by atoms with Crippen molar-refractivity contribution < 1.29 is 0 Å². The number of hydrazone groups is 2. The van der Waals surface area contributed by atoms with Gasteiger partial charge in [0.2, 0.25) is 0 Å². The second kappa shape index (κ2) is 5.11. The summed E-state index contributed by atoms with van der Waals surface area (Å²) in [4.78, 5) is 0. The first-order valence-electron chi connectivity index (χ1n) is 6.19. The molecule has 4 heteroatoms. The number of rotatable bonds is 5. The number of halogens is 1. The largest absolute Gasteiger partial charge is 0.167 e. The first-order valence-corrected chi connectivity index (χ1v) is 6.57. The van der Waals surface area contributed by atoms with Crippen LogP contribution >= 0.6 is 11.6 Å². The number of hydrogen-bond donors (Lipinski definition) is 0. The number of hydrogen-bond acceptors (Lipinski definition) is 3. The van der Waals surface area contributed by atoms with Crippen molar-refractivity contribution in [3.05, 3.63) is 29.3 Å². The molecule has 1 aliphatic carbocycles. The predicted octanol–water partition coefficient (Wildman–Crippen LogP) is 4.33. The summed E-state index contributed by atoms with van der Waals surface area (Å²) in [7, 11) is 0. The van der Waals surface area contributed by atoms with Crippen LogP contribution in [0.4, 0.5) is 5.69 Å². The molecule has 3 nitrogen and oxygen atoms in total. The van der Waals surface area contributed by atoms with Crippen molar-refractivity contribution in [3.63, 3.8) is 0 Å². The maximum absolute atomic E-state index is 5.87. The summed E-state index contributed by atoms with van der Waals surface area (Å²) < 4.78 is 0. The van der Waals surface area contributed by atoms with Gasteiger partial charge in [-0.15, -0.1) is 0 Å². The van der Waals surface area contributed by atoms with Crippen molar-refractivity contribution >= 4 is 29.7 Å². The summed E-state index contributed by atoms with van der Waals surface area (Å²) >= 11 is 5.87. The lowest BCUT2D eigenvalue weighted by atomic mass is 9.98. The SMILES string of the molecule is C=NN(/N=C(\C)C1(CC)CC1)c1ccc(Cl)cc1. The van der Waals surface area contributed by atoms with E-state index in [4.69, 9.17) is 11.6 Å². The third-order valence-electron chi connectivity index (χ3n) is 3.73. The molecule has 0 heterocycles.